The van der Waals surface area contributed by atoms with Gasteiger partial charge in [-0.1, -0.05) is 12.8 Å². The molecule has 0 amide bonds. The first kappa shape index (κ1) is 11.7. The molecule has 1 fully saturated rings. The summed E-state index contributed by atoms with van der Waals surface area (Å²) >= 11 is 0. The minimum Gasteiger partial charge on any atom is -0.469 e. The van der Waals surface area contributed by atoms with Crippen molar-refractivity contribution < 1.29 is 9.53 Å². The molecule has 72 valence electrons. The van der Waals surface area contributed by atoms with Gasteiger partial charge in [0, 0.05) is 6.04 Å². The summed E-state index contributed by atoms with van der Waals surface area (Å²) in [6.07, 6.45) is 4.11. The Morgan fingerprint density at radius 2 is 2.00 bits per heavy atom. The Morgan fingerprint density at radius 1 is 1.42 bits per heavy atom. The molecule has 0 bridgehead atoms. The second-order valence-corrected chi connectivity index (χ2v) is 3.08. The average molecular weight is 194 g/mol. The van der Waals surface area contributed by atoms with Gasteiger partial charge < -0.3 is 10.5 Å². The molecule has 3 nitrogen and oxygen atoms in total. The molecule has 0 aromatic rings. The topological polar surface area (TPSA) is 52.3 Å². The van der Waals surface area contributed by atoms with Gasteiger partial charge in [-0.05, 0) is 12.8 Å². The molecular weight excluding hydrogens is 178 g/mol. The van der Waals surface area contributed by atoms with E-state index in [4.69, 9.17) is 5.73 Å². The van der Waals surface area contributed by atoms with Gasteiger partial charge in [-0.25, -0.2) is 0 Å². The molecule has 0 aliphatic heterocycles. The van der Waals surface area contributed by atoms with Crippen LogP contribution in [0.15, 0.2) is 0 Å². The summed E-state index contributed by atoms with van der Waals surface area (Å²) in [5.74, 6) is -0.189. The van der Waals surface area contributed by atoms with Crippen LogP contribution in [-0.2, 0) is 9.53 Å². The summed E-state index contributed by atoms with van der Waals surface area (Å²) in [5, 5.41) is 0. The molecule has 12 heavy (non-hydrogen) atoms. The molecule has 0 heterocycles. The molecule has 0 saturated heterocycles. The van der Waals surface area contributed by atoms with E-state index in [0.29, 0.717) is 0 Å². The van der Waals surface area contributed by atoms with Gasteiger partial charge in [0.2, 0.25) is 0 Å². The van der Waals surface area contributed by atoms with Crippen LogP contribution in [0.2, 0.25) is 0 Å². The van der Waals surface area contributed by atoms with Gasteiger partial charge in [-0.2, -0.15) is 0 Å². The van der Waals surface area contributed by atoms with Crippen LogP contribution in [0.25, 0.3) is 0 Å². The zero-order valence-electron chi connectivity index (χ0n) is 7.29. The molecule has 0 radical (unpaired) electrons. The van der Waals surface area contributed by atoms with Crippen molar-refractivity contribution in [1.29, 1.82) is 0 Å². The van der Waals surface area contributed by atoms with Crippen LogP contribution in [0.5, 0.6) is 0 Å². The number of carbonyl (C=O) groups excluding carboxylic acids is 1. The predicted molar refractivity (Wildman–Crippen MR) is 49.2 cm³/mol. The first-order valence-corrected chi connectivity index (χ1v) is 4.09. The molecule has 0 aromatic heterocycles. The highest BCUT2D eigenvalue weighted by Crippen LogP contribution is 2.23. The first-order valence-electron chi connectivity index (χ1n) is 4.09. The third kappa shape index (κ3) is 2.64. The third-order valence-corrected chi connectivity index (χ3v) is 2.32. The summed E-state index contributed by atoms with van der Waals surface area (Å²) < 4.78 is 4.64. The van der Waals surface area contributed by atoms with Crippen LogP contribution in [0, 0.1) is 5.92 Å². The number of carbonyl (C=O) groups is 1. The van der Waals surface area contributed by atoms with E-state index in [1.807, 2.05) is 0 Å². The normalized spacial score (nSPS) is 28.8. The second kappa shape index (κ2) is 5.38. The lowest BCUT2D eigenvalue weighted by Gasteiger charge is -2.25. The van der Waals surface area contributed by atoms with Crippen molar-refractivity contribution in [3.8, 4) is 0 Å². The van der Waals surface area contributed by atoms with Gasteiger partial charge in [-0.15, -0.1) is 12.4 Å². The molecule has 2 atom stereocenters. The number of nitrogens with two attached hydrogens (primary N) is 1. The van der Waals surface area contributed by atoms with Gasteiger partial charge in [0.25, 0.3) is 0 Å². The lowest BCUT2D eigenvalue weighted by Crippen LogP contribution is -2.38. The lowest BCUT2D eigenvalue weighted by molar-refractivity contribution is -0.147. The van der Waals surface area contributed by atoms with E-state index in [2.05, 4.69) is 4.74 Å². The Bertz CT molecular complexity index is 152. The Balaban J connectivity index is 0.00000121. The fourth-order valence-electron chi connectivity index (χ4n) is 1.60. The molecule has 1 saturated carbocycles. The zero-order valence-corrected chi connectivity index (χ0v) is 8.10. The smallest absolute Gasteiger partial charge is 0.310 e. The number of hydrogen-bond acceptors (Lipinski definition) is 3. The SMILES string of the molecule is COC(=O)[C@@H]1CCCC[C@H]1N.Cl. The monoisotopic (exact) mass is 193 g/mol. The number of ether oxygens (including phenoxy) is 1. The minimum absolute atomic E-state index is 0. The summed E-state index contributed by atoms with van der Waals surface area (Å²) in [7, 11) is 1.42. The molecule has 2 N–H and O–H groups in total. The molecule has 0 unspecified atom stereocenters. The summed E-state index contributed by atoms with van der Waals surface area (Å²) in [6, 6.07) is 0.0243. The molecule has 1 rings (SSSR count). The highest BCUT2D eigenvalue weighted by molar-refractivity contribution is 5.85. The molecule has 0 aromatic carbocycles. The van der Waals surface area contributed by atoms with Crippen molar-refractivity contribution >= 4 is 18.4 Å². The number of rotatable bonds is 1. The highest BCUT2D eigenvalue weighted by atomic mass is 35.5. The van der Waals surface area contributed by atoms with E-state index in [1.54, 1.807) is 0 Å². The summed E-state index contributed by atoms with van der Waals surface area (Å²) in [4.78, 5) is 11.1. The van der Waals surface area contributed by atoms with E-state index in [0.717, 1.165) is 25.7 Å². The standard InChI is InChI=1S/C8H15NO2.ClH/c1-11-8(10)6-4-2-3-5-7(6)9;/h6-7H,2-5,9H2,1H3;1H/t6-,7-;/m1./s1. The number of hydrogen-bond donors (Lipinski definition) is 1. The van der Waals surface area contributed by atoms with Crippen LogP contribution in [-0.4, -0.2) is 19.1 Å². The molecule has 1 aliphatic rings. The molecule has 1 aliphatic carbocycles. The van der Waals surface area contributed by atoms with Gasteiger partial charge in [0.1, 0.15) is 0 Å². The second-order valence-electron chi connectivity index (χ2n) is 3.08. The van der Waals surface area contributed by atoms with Crippen LogP contribution in [0.1, 0.15) is 25.7 Å². The number of methoxy groups -OCH3 is 1. The zero-order chi connectivity index (χ0) is 8.27. The maximum absolute atomic E-state index is 11.1. The van der Waals surface area contributed by atoms with Crippen LogP contribution < -0.4 is 5.73 Å². The summed E-state index contributed by atoms with van der Waals surface area (Å²) in [6.45, 7) is 0. The maximum atomic E-state index is 11.1. The Morgan fingerprint density at radius 3 is 2.50 bits per heavy atom. The van der Waals surface area contributed by atoms with Crippen molar-refractivity contribution in [1.82, 2.24) is 0 Å². The van der Waals surface area contributed by atoms with Crippen molar-refractivity contribution in [2.24, 2.45) is 11.7 Å². The fourth-order valence-corrected chi connectivity index (χ4v) is 1.60. The first-order chi connectivity index (χ1) is 5.25. The van der Waals surface area contributed by atoms with E-state index >= 15 is 0 Å². The predicted octanol–water partition coefficient (Wildman–Crippen LogP) is 1.10. The largest absolute Gasteiger partial charge is 0.469 e. The van der Waals surface area contributed by atoms with Gasteiger partial charge in [0.15, 0.2) is 0 Å². The van der Waals surface area contributed by atoms with Crippen LogP contribution >= 0.6 is 12.4 Å². The highest BCUT2D eigenvalue weighted by Gasteiger charge is 2.28. The molecule has 4 heteroatoms. The fraction of sp³-hybridized carbons (Fsp3) is 0.875. The molecular formula is C8H16ClNO2. The van der Waals surface area contributed by atoms with Gasteiger partial charge in [-0.3, -0.25) is 4.79 Å². The van der Waals surface area contributed by atoms with Crippen molar-refractivity contribution in [2.75, 3.05) is 7.11 Å². The Kier molecular flexibility index (Phi) is 5.25. The van der Waals surface area contributed by atoms with E-state index in [9.17, 15) is 4.79 Å². The van der Waals surface area contributed by atoms with Gasteiger partial charge >= 0.3 is 5.97 Å². The third-order valence-electron chi connectivity index (χ3n) is 2.32. The van der Waals surface area contributed by atoms with Crippen molar-refractivity contribution in [3.05, 3.63) is 0 Å². The quantitative estimate of drug-likeness (QED) is 0.635. The Hall–Kier alpha value is -0.280. The minimum atomic E-state index is -0.141. The van der Waals surface area contributed by atoms with Crippen molar-refractivity contribution in [2.45, 2.75) is 31.7 Å². The number of esters is 1. The van der Waals surface area contributed by atoms with Crippen LogP contribution in [0.3, 0.4) is 0 Å². The van der Waals surface area contributed by atoms with Crippen molar-refractivity contribution in [3.63, 3.8) is 0 Å². The van der Waals surface area contributed by atoms with E-state index in [-0.39, 0.29) is 30.3 Å². The van der Waals surface area contributed by atoms with E-state index in [1.165, 1.54) is 7.11 Å². The molecule has 0 spiro atoms. The number of halogens is 1. The van der Waals surface area contributed by atoms with Gasteiger partial charge in [0.05, 0.1) is 13.0 Å². The Labute approximate surface area is 79.1 Å². The van der Waals surface area contributed by atoms with E-state index < -0.39 is 0 Å². The maximum Gasteiger partial charge on any atom is 0.310 e. The lowest BCUT2D eigenvalue weighted by atomic mass is 9.85. The van der Waals surface area contributed by atoms with Crippen LogP contribution in [0.4, 0.5) is 0 Å². The summed E-state index contributed by atoms with van der Waals surface area (Å²) in [5.41, 5.74) is 5.75. The average Bonchev–Trinajstić information content (AvgIpc) is 2.04.